The van der Waals surface area contributed by atoms with Crippen molar-refractivity contribution in [3.05, 3.63) is 75.8 Å². The van der Waals surface area contributed by atoms with Crippen LogP contribution >= 0.6 is 0 Å². The molecule has 1 saturated carbocycles. The summed E-state index contributed by atoms with van der Waals surface area (Å²) >= 11 is 0. The van der Waals surface area contributed by atoms with Crippen LogP contribution in [0.3, 0.4) is 0 Å². The van der Waals surface area contributed by atoms with Crippen LogP contribution in [0.2, 0.25) is 0 Å². The first-order chi connectivity index (χ1) is 17.7. The van der Waals surface area contributed by atoms with Gasteiger partial charge in [-0.15, -0.1) is 0 Å². The number of aromatic amines is 1. The minimum Gasteiger partial charge on any atom is -0.455 e. The van der Waals surface area contributed by atoms with Crippen LogP contribution in [0.1, 0.15) is 57.0 Å². The van der Waals surface area contributed by atoms with E-state index < -0.39 is 5.82 Å². The average Bonchev–Trinajstić information content (AvgIpc) is 3.21. The number of nitrogens with zero attached hydrogens (tertiary/aromatic N) is 4. The lowest BCUT2D eigenvalue weighted by atomic mass is 9.85. The highest BCUT2D eigenvalue weighted by molar-refractivity contribution is 5.83. The van der Waals surface area contributed by atoms with Crippen molar-refractivity contribution >= 4 is 16.9 Å². The fraction of sp³-hybridized carbons (Fsp3) is 0.393. The monoisotopic (exact) mass is 503 g/mol. The Morgan fingerprint density at radius 1 is 1.16 bits per heavy atom. The number of carbonyl (C=O) groups is 1. The van der Waals surface area contributed by atoms with Gasteiger partial charge in [0.15, 0.2) is 11.4 Å². The molecular weight excluding hydrogens is 473 g/mol. The third-order valence-corrected chi connectivity index (χ3v) is 6.75. The molecule has 37 heavy (non-hydrogen) atoms. The topological polar surface area (TPSA) is 103 Å². The molecular formula is C28H30FN5O3. The maximum atomic E-state index is 15.0. The number of hydrogen-bond donors (Lipinski definition) is 1. The summed E-state index contributed by atoms with van der Waals surface area (Å²) in [5, 5.41) is 4.80. The summed E-state index contributed by atoms with van der Waals surface area (Å²) < 4.78 is 22.8. The van der Waals surface area contributed by atoms with Crippen molar-refractivity contribution in [1.82, 2.24) is 24.7 Å². The molecule has 3 heterocycles. The van der Waals surface area contributed by atoms with E-state index >= 15 is 0 Å². The lowest BCUT2D eigenvalue weighted by Gasteiger charge is -2.26. The second-order valence-corrected chi connectivity index (χ2v) is 10.8. The van der Waals surface area contributed by atoms with Gasteiger partial charge in [-0.25, -0.2) is 14.4 Å². The Morgan fingerprint density at radius 3 is 2.68 bits per heavy atom. The molecule has 1 N–H and O–H groups in total. The highest BCUT2D eigenvalue weighted by Crippen LogP contribution is 2.30. The summed E-state index contributed by atoms with van der Waals surface area (Å²) in [4.78, 5) is 35.2. The Morgan fingerprint density at radius 2 is 1.97 bits per heavy atom. The Labute approximate surface area is 213 Å². The van der Waals surface area contributed by atoms with E-state index in [1.54, 1.807) is 18.2 Å². The first-order valence-corrected chi connectivity index (χ1v) is 12.5. The van der Waals surface area contributed by atoms with Gasteiger partial charge in [0.05, 0.1) is 11.9 Å². The molecule has 0 aliphatic heterocycles. The number of hydrogen-bond acceptors (Lipinski definition) is 6. The summed E-state index contributed by atoms with van der Waals surface area (Å²) in [6.45, 7) is 7.15. The molecule has 3 aromatic heterocycles. The molecule has 8 nitrogen and oxygen atoms in total. The lowest BCUT2D eigenvalue weighted by molar-refractivity contribution is -0.117. The summed E-state index contributed by atoms with van der Waals surface area (Å²) in [6, 6.07) is 8.03. The molecule has 1 aliphatic carbocycles. The molecule has 0 bridgehead atoms. The summed E-state index contributed by atoms with van der Waals surface area (Å²) in [6.07, 6.45) is 6.43. The lowest BCUT2D eigenvalue weighted by Crippen LogP contribution is -2.22. The number of Topliss-reactive ketones (excluding diaryl/α,β-unsaturated/α-hetero) is 1. The second kappa shape index (κ2) is 9.88. The van der Waals surface area contributed by atoms with E-state index in [-0.39, 0.29) is 41.0 Å². The summed E-state index contributed by atoms with van der Waals surface area (Å²) in [7, 11) is 0. The molecule has 0 spiro atoms. The molecule has 5 rings (SSSR count). The van der Waals surface area contributed by atoms with Gasteiger partial charge in [0.25, 0.3) is 5.56 Å². The van der Waals surface area contributed by atoms with Crippen LogP contribution in [-0.2, 0) is 29.6 Å². The van der Waals surface area contributed by atoms with E-state index in [2.05, 4.69) is 35.7 Å². The van der Waals surface area contributed by atoms with Gasteiger partial charge in [-0.05, 0) is 36.5 Å². The number of ketones is 1. The van der Waals surface area contributed by atoms with E-state index in [4.69, 9.17) is 9.84 Å². The summed E-state index contributed by atoms with van der Waals surface area (Å²) in [5.41, 5.74) is 2.30. The van der Waals surface area contributed by atoms with Crippen molar-refractivity contribution in [1.29, 1.82) is 0 Å². The molecule has 0 radical (unpaired) electrons. The predicted octanol–water partition coefficient (Wildman–Crippen LogP) is 4.90. The molecule has 9 heteroatoms. The molecule has 1 fully saturated rings. The average molecular weight is 504 g/mol. The van der Waals surface area contributed by atoms with E-state index in [0.29, 0.717) is 22.7 Å². The van der Waals surface area contributed by atoms with E-state index in [0.717, 1.165) is 24.1 Å². The van der Waals surface area contributed by atoms with Gasteiger partial charge in [-0.1, -0.05) is 33.3 Å². The van der Waals surface area contributed by atoms with E-state index in [1.807, 2.05) is 10.7 Å². The number of H-pyrrole nitrogens is 1. The molecule has 0 saturated heterocycles. The Bertz CT molecular complexity index is 1510. The minimum absolute atomic E-state index is 0.0213. The Hall–Kier alpha value is -3.88. The molecule has 1 aliphatic rings. The van der Waals surface area contributed by atoms with Gasteiger partial charge >= 0.3 is 0 Å². The van der Waals surface area contributed by atoms with Crippen LogP contribution in [-0.4, -0.2) is 30.5 Å². The number of aromatic nitrogens is 5. The number of nitrogens with one attached hydrogen (secondary N) is 1. The standard InChI is InChI=1S/C28H30FN5O3/c1-28(2,3)24-13-19(34(33-24)16-17-5-4-6-17)12-20(35)11-18-7-8-21(14-22(18)29)37-23-9-10-30-27-26(23)31-15-25(36)32-27/h7-10,13-15,17H,4-6,11-12,16H2,1-3H3,(H,30,32,36). The normalized spacial score (nSPS) is 14.1. The third-order valence-electron chi connectivity index (χ3n) is 6.75. The number of halogens is 1. The zero-order valence-corrected chi connectivity index (χ0v) is 21.3. The molecule has 192 valence electrons. The van der Waals surface area contributed by atoms with Gasteiger partial charge in [0.1, 0.15) is 22.9 Å². The Balaban J connectivity index is 1.30. The summed E-state index contributed by atoms with van der Waals surface area (Å²) in [5.74, 6) is 0.598. The maximum absolute atomic E-state index is 15.0. The van der Waals surface area contributed by atoms with Crippen molar-refractivity contribution in [3.8, 4) is 11.5 Å². The molecule has 0 unspecified atom stereocenters. The third kappa shape index (κ3) is 5.60. The van der Waals surface area contributed by atoms with Crippen molar-refractivity contribution in [2.75, 3.05) is 0 Å². The van der Waals surface area contributed by atoms with Crippen LogP contribution in [0.4, 0.5) is 4.39 Å². The molecule has 0 atom stereocenters. The van der Waals surface area contributed by atoms with Crippen molar-refractivity contribution in [2.24, 2.45) is 5.92 Å². The van der Waals surface area contributed by atoms with Crippen molar-refractivity contribution in [2.45, 2.75) is 64.8 Å². The Kier molecular flexibility index (Phi) is 6.62. The molecule has 1 aromatic carbocycles. The zero-order valence-electron chi connectivity index (χ0n) is 21.3. The largest absolute Gasteiger partial charge is 0.455 e. The fourth-order valence-electron chi connectivity index (χ4n) is 4.39. The minimum atomic E-state index is -0.524. The number of pyridine rings is 1. The number of fused-ring (bicyclic) bond motifs is 1. The van der Waals surface area contributed by atoms with Crippen molar-refractivity contribution in [3.63, 3.8) is 0 Å². The number of ether oxygens (including phenoxy) is 1. The van der Waals surface area contributed by atoms with Gasteiger partial charge in [-0.3, -0.25) is 14.3 Å². The molecule has 0 amide bonds. The fourth-order valence-corrected chi connectivity index (χ4v) is 4.39. The van der Waals surface area contributed by atoms with Gasteiger partial charge in [-0.2, -0.15) is 5.10 Å². The van der Waals surface area contributed by atoms with Gasteiger partial charge in [0, 0.05) is 48.8 Å². The highest BCUT2D eigenvalue weighted by Gasteiger charge is 2.25. The highest BCUT2D eigenvalue weighted by atomic mass is 19.1. The van der Waals surface area contributed by atoms with Crippen molar-refractivity contribution < 1.29 is 13.9 Å². The maximum Gasteiger partial charge on any atom is 0.268 e. The smallest absolute Gasteiger partial charge is 0.268 e. The number of carbonyl (C=O) groups excluding carboxylic acids is 1. The first kappa shape index (κ1) is 24.8. The number of benzene rings is 1. The van der Waals surface area contributed by atoms with Gasteiger partial charge < -0.3 is 9.72 Å². The SMILES string of the molecule is CC(C)(C)c1cc(CC(=O)Cc2ccc(Oc3ccnc4[nH]c(=O)cnc34)cc2F)n(CC2CCC2)n1. The van der Waals surface area contributed by atoms with Crippen LogP contribution in [0.5, 0.6) is 11.5 Å². The second-order valence-electron chi connectivity index (χ2n) is 10.8. The van der Waals surface area contributed by atoms with E-state index in [1.165, 1.54) is 31.5 Å². The van der Waals surface area contributed by atoms with E-state index in [9.17, 15) is 14.0 Å². The van der Waals surface area contributed by atoms with Gasteiger partial charge in [0.2, 0.25) is 0 Å². The first-order valence-electron chi connectivity index (χ1n) is 12.5. The van der Waals surface area contributed by atoms with Crippen LogP contribution < -0.4 is 10.3 Å². The molecule has 4 aromatic rings. The number of rotatable bonds is 8. The zero-order chi connectivity index (χ0) is 26.2. The predicted molar refractivity (Wildman–Crippen MR) is 137 cm³/mol. The van der Waals surface area contributed by atoms with Crippen LogP contribution in [0.15, 0.2) is 47.5 Å². The van der Waals surface area contributed by atoms with Crippen LogP contribution in [0, 0.1) is 11.7 Å². The quantitative estimate of drug-likeness (QED) is 0.367. The van der Waals surface area contributed by atoms with Crippen LogP contribution in [0.25, 0.3) is 11.2 Å².